The third-order valence-corrected chi connectivity index (χ3v) is 3.32. The number of esters is 2. The molecule has 23 heavy (non-hydrogen) atoms. The Labute approximate surface area is 136 Å². The Bertz CT molecular complexity index is 597. The monoisotopic (exact) mass is 321 g/mol. The number of amides is 1. The first kappa shape index (κ1) is 18.7. The van der Waals surface area contributed by atoms with E-state index in [1.54, 1.807) is 23.1 Å². The van der Waals surface area contributed by atoms with Crippen molar-refractivity contribution in [3.8, 4) is 11.5 Å². The molecule has 126 valence electrons. The van der Waals surface area contributed by atoms with Crippen LogP contribution < -0.4 is 9.47 Å². The summed E-state index contributed by atoms with van der Waals surface area (Å²) in [5, 5.41) is 0. The van der Waals surface area contributed by atoms with Crippen LogP contribution in [0.25, 0.3) is 0 Å². The standard InChI is InChI=1S/C17H23NO5/c1-6-18(12(3)19)11(2)9-15-7-8-16(22-13(4)20)17(10-15)23-14(5)21/h7-8,10-11H,6,9H2,1-5H3/t11-/m1/s1. The van der Waals surface area contributed by atoms with E-state index in [1.165, 1.54) is 20.8 Å². The van der Waals surface area contributed by atoms with Gasteiger partial charge in [-0.25, -0.2) is 0 Å². The van der Waals surface area contributed by atoms with Gasteiger partial charge in [-0.3, -0.25) is 14.4 Å². The van der Waals surface area contributed by atoms with Crippen LogP contribution in [0.3, 0.4) is 0 Å². The number of nitrogens with zero attached hydrogens (tertiary/aromatic N) is 1. The predicted octanol–water partition coefficient (Wildman–Crippen LogP) is 2.34. The highest BCUT2D eigenvalue weighted by atomic mass is 16.6. The molecule has 0 saturated heterocycles. The van der Waals surface area contributed by atoms with E-state index in [-0.39, 0.29) is 23.4 Å². The Balaban J connectivity index is 3.01. The van der Waals surface area contributed by atoms with E-state index in [0.717, 1.165) is 5.56 Å². The highest BCUT2D eigenvalue weighted by Crippen LogP contribution is 2.29. The third-order valence-electron chi connectivity index (χ3n) is 3.32. The molecule has 1 aromatic rings. The van der Waals surface area contributed by atoms with Crippen LogP contribution in [-0.4, -0.2) is 35.3 Å². The summed E-state index contributed by atoms with van der Waals surface area (Å²) in [6.45, 7) is 8.59. The zero-order chi connectivity index (χ0) is 17.6. The minimum Gasteiger partial charge on any atom is -0.423 e. The van der Waals surface area contributed by atoms with Gasteiger partial charge in [0.1, 0.15) is 0 Å². The lowest BCUT2D eigenvalue weighted by atomic mass is 10.0. The van der Waals surface area contributed by atoms with Crippen LogP contribution in [0.5, 0.6) is 11.5 Å². The van der Waals surface area contributed by atoms with Gasteiger partial charge in [-0.15, -0.1) is 0 Å². The average molecular weight is 321 g/mol. The van der Waals surface area contributed by atoms with Crippen LogP contribution in [-0.2, 0) is 20.8 Å². The molecule has 0 aliphatic carbocycles. The van der Waals surface area contributed by atoms with Crippen molar-refractivity contribution in [2.24, 2.45) is 0 Å². The van der Waals surface area contributed by atoms with Gasteiger partial charge in [0.05, 0.1) is 0 Å². The first-order chi connectivity index (χ1) is 10.7. The van der Waals surface area contributed by atoms with Crippen LogP contribution in [0.4, 0.5) is 0 Å². The SMILES string of the molecule is CCN(C(C)=O)[C@H](C)Cc1ccc(OC(C)=O)c(OC(C)=O)c1. The molecule has 0 bridgehead atoms. The zero-order valence-electron chi connectivity index (χ0n) is 14.2. The molecule has 1 amide bonds. The van der Waals surface area contributed by atoms with Crippen molar-refractivity contribution < 1.29 is 23.9 Å². The van der Waals surface area contributed by atoms with Crippen molar-refractivity contribution in [3.63, 3.8) is 0 Å². The molecule has 1 atom stereocenters. The molecule has 6 nitrogen and oxygen atoms in total. The summed E-state index contributed by atoms with van der Waals surface area (Å²) in [7, 11) is 0. The van der Waals surface area contributed by atoms with Crippen LogP contribution in [0, 0.1) is 0 Å². The first-order valence-electron chi connectivity index (χ1n) is 7.51. The second-order valence-corrected chi connectivity index (χ2v) is 5.33. The van der Waals surface area contributed by atoms with Crippen LogP contribution in [0.1, 0.15) is 40.2 Å². The molecular formula is C17H23NO5. The molecule has 0 aromatic heterocycles. The van der Waals surface area contributed by atoms with Gasteiger partial charge in [-0.05, 0) is 38.0 Å². The maximum atomic E-state index is 11.6. The molecule has 0 unspecified atom stereocenters. The van der Waals surface area contributed by atoms with Crippen LogP contribution >= 0.6 is 0 Å². The summed E-state index contributed by atoms with van der Waals surface area (Å²) >= 11 is 0. The van der Waals surface area contributed by atoms with E-state index < -0.39 is 11.9 Å². The van der Waals surface area contributed by atoms with E-state index in [9.17, 15) is 14.4 Å². The Kier molecular flexibility index (Phi) is 6.75. The number of rotatable bonds is 6. The molecule has 0 radical (unpaired) electrons. The molecule has 0 fully saturated rings. The van der Waals surface area contributed by atoms with Gasteiger partial charge in [0.2, 0.25) is 5.91 Å². The molecule has 0 aliphatic rings. The summed E-state index contributed by atoms with van der Waals surface area (Å²) < 4.78 is 10.1. The van der Waals surface area contributed by atoms with Gasteiger partial charge in [-0.2, -0.15) is 0 Å². The smallest absolute Gasteiger partial charge is 0.308 e. The molecule has 0 spiro atoms. The minimum atomic E-state index is -0.498. The largest absolute Gasteiger partial charge is 0.423 e. The average Bonchev–Trinajstić information content (AvgIpc) is 2.40. The number of hydrogen-bond acceptors (Lipinski definition) is 5. The lowest BCUT2D eigenvalue weighted by molar-refractivity contribution is -0.134. The second kappa shape index (κ2) is 8.31. The summed E-state index contributed by atoms with van der Waals surface area (Å²) in [6, 6.07) is 5.04. The molecule has 0 N–H and O–H groups in total. The Morgan fingerprint density at radius 2 is 1.61 bits per heavy atom. The molecule has 1 rings (SSSR count). The van der Waals surface area contributed by atoms with E-state index in [0.29, 0.717) is 13.0 Å². The normalized spacial score (nSPS) is 11.5. The summed E-state index contributed by atoms with van der Waals surface area (Å²) in [4.78, 5) is 35.7. The highest BCUT2D eigenvalue weighted by molar-refractivity contribution is 5.74. The molecular weight excluding hydrogens is 298 g/mol. The Hall–Kier alpha value is -2.37. The van der Waals surface area contributed by atoms with Crippen molar-refractivity contribution in [2.75, 3.05) is 6.54 Å². The second-order valence-electron chi connectivity index (χ2n) is 5.33. The highest BCUT2D eigenvalue weighted by Gasteiger charge is 2.17. The van der Waals surface area contributed by atoms with Gasteiger partial charge < -0.3 is 14.4 Å². The third kappa shape index (κ3) is 5.73. The van der Waals surface area contributed by atoms with Gasteiger partial charge in [0, 0.05) is 33.4 Å². The summed E-state index contributed by atoms with van der Waals surface area (Å²) in [6.07, 6.45) is 0.599. The van der Waals surface area contributed by atoms with Crippen molar-refractivity contribution in [1.29, 1.82) is 0 Å². The molecule has 0 aliphatic heterocycles. The maximum absolute atomic E-state index is 11.6. The van der Waals surface area contributed by atoms with E-state index >= 15 is 0 Å². The first-order valence-corrected chi connectivity index (χ1v) is 7.51. The molecule has 0 heterocycles. The lowest BCUT2D eigenvalue weighted by Crippen LogP contribution is -2.38. The topological polar surface area (TPSA) is 72.9 Å². The van der Waals surface area contributed by atoms with Crippen molar-refractivity contribution in [3.05, 3.63) is 23.8 Å². The van der Waals surface area contributed by atoms with Gasteiger partial charge in [-0.1, -0.05) is 6.07 Å². The number of likely N-dealkylation sites (N-methyl/N-ethyl adjacent to an activating group) is 1. The Morgan fingerprint density at radius 1 is 1.04 bits per heavy atom. The number of benzene rings is 1. The quantitative estimate of drug-likeness (QED) is 0.594. The fourth-order valence-electron chi connectivity index (χ4n) is 2.45. The van der Waals surface area contributed by atoms with Crippen molar-refractivity contribution in [2.45, 2.75) is 47.1 Å². The molecule has 6 heteroatoms. The number of carbonyl (C=O) groups excluding carboxylic acids is 3. The summed E-state index contributed by atoms with van der Waals surface area (Å²) in [5.74, 6) is -0.584. The van der Waals surface area contributed by atoms with Gasteiger partial charge in [0.25, 0.3) is 0 Å². The summed E-state index contributed by atoms with van der Waals surface area (Å²) in [5.41, 5.74) is 0.879. The lowest BCUT2D eigenvalue weighted by Gasteiger charge is -2.27. The molecule has 1 aromatic carbocycles. The van der Waals surface area contributed by atoms with Crippen LogP contribution in [0.15, 0.2) is 18.2 Å². The van der Waals surface area contributed by atoms with Crippen LogP contribution in [0.2, 0.25) is 0 Å². The fraction of sp³-hybridized carbons (Fsp3) is 0.471. The maximum Gasteiger partial charge on any atom is 0.308 e. The van der Waals surface area contributed by atoms with E-state index in [4.69, 9.17) is 9.47 Å². The van der Waals surface area contributed by atoms with Crippen molar-refractivity contribution in [1.82, 2.24) is 4.90 Å². The van der Waals surface area contributed by atoms with E-state index in [1.807, 2.05) is 13.8 Å². The fourth-order valence-corrected chi connectivity index (χ4v) is 2.45. The van der Waals surface area contributed by atoms with Gasteiger partial charge in [0.15, 0.2) is 11.5 Å². The van der Waals surface area contributed by atoms with Crippen molar-refractivity contribution >= 4 is 17.8 Å². The minimum absolute atomic E-state index is 0.00209. The zero-order valence-corrected chi connectivity index (χ0v) is 14.2. The number of hydrogen-bond donors (Lipinski definition) is 0. The predicted molar refractivity (Wildman–Crippen MR) is 85.3 cm³/mol. The van der Waals surface area contributed by atoms with Gasteiger partial charge >= 0.3 is 11.9 Å². The number of carbonyl (C=O) groups is 3. The molecule has 0 saturated carbocycles. The Morgan fingerprint density at radius 3 is 2.09 bits per heavy atom. The van der Waals surface area contributed by atoms with E-state index in [2.05, 4.69) is 0 Å². The number of ether oxygens (including phenoxy) is 2.